The zero-order chi connectivity index (χ0) is 15.9. The van der Waals surface area contributed by atoms with Crippen LogP contribution in [0.4, 0.5) is 11.4 Å². The first-order valence-corrected chi connectivity index (χ1v) is 9.03. The topological polar surface area (TPSA) is 53.8 Å². The van der Waals surface area contributed by atoms with Gasteiger partial charge in [-0.15, -0.1) is 0 Å². The van der Waals surface area contributed by atoms with Gasteiger partial charge in [0.05, 0.1) is 12.2 Å². The van der Waals surface area contributed by atoms with Crippen molar-refractivity contribution in [1.82, 2.24) is 10.2 Å². The second-order valence-corrected chi connectivity index (χ2v) is 6.57. The van der Waals surface area contributed by atoms with Crippen LogP contribution in [0.2, 0.25) is 0 Å². The van der Waals surface area contributed by atoms with E-state index in [1.807, 2.05) is 12.1 Å². The number of nitrogen functional groups attached to an aromatic ring is 1. The molecule has 0 bridgehead atoms. The summed E-state index contributed by atoms with van der Waals surface area (Å²) in [6, 6.07) is 5.94. The number of hydrogen-bond donors (Lipinski definition) is 2. The van der Waals surface area contributed by atoms with Gasteiger partial charge in [-0.2, -0.15) is 0 Å². The van der Waals surface area contributed by atoms with Crippen molar-refractivity contribution in [3.05, 3.63) is 18.2 Å². The van der Waals surface area contributed by atoms with E-state index >= 15 is 0 Å². The lowest BCUT2D eigenvalue weighted by atomic mass is 10.1. The first-order valence-electron chi connectivity index (χ1n) is 9.03. The second kappa shape index (κ2) is 8.41. The third-order valence-corrected chi connectivity index (χ3v) is 4.78. The molecule has 1 saturated heterocycles. The van der Waals surface area contributed by atoms with Gasteiger partial charge < -0.3 is 25.6 Å². The normalized spacial score (nSPS) is 18.5. The third kappa shape index (κ3) is 4.75. The lowest BCUT2D eigenvalue weighted by Gasteiger charge is -2.31. The number of ether oxygens (including phenoxy) is 1. The lowest BCUT2D eigenvalue weighted by Crippen LogP contribution is -2.38. The highest BCUT2D eigenvalue weighted by atomic mass is 16.5. The van der Waals surface area contributed by atoms with Gasteiger partial charge in [0.2, 0.25) is 0 Å². The van der Waals surface area contributed by atoms with Gasteiger partial charge in [-0.1, -0.05) is 6.42 Å². The SMILES string of the molecule is Nc1ccc2c(c1)OCCN2CCNCCCN1CCCCC1. The Hall–Kier alpha value is -1.46. The molecule has 128 valence electrons. The van der Waals surface area contributed by atoms with Crippen LogP contribution in [0.3, 0.4) is 0 Å². The van der Waals surface area contributed by atoms with E-state index in [1.54, 1.807) is 0 Å². The van der Waals surface area contributed by atoms with Crippen LogP contribution in [-0.2, 0) is 0 Å². The van der Waals surface area contributed by atoms with Crippen molar-refractivity contribution in [3.63, 3.8) is 0 Å². The molecular weight excluding hydrogens is 288 g/mol. The standard InChI is InChI=1S/C18H30N4O/c19-16-5-6-17-18(15-16)23-14-13-22(17)12-8-20-7-4-11-21-9-2-1-3-10-21/h5-6,15,20H,1-4,7-14,19H2. The Morgan fingerprint density at radius 3 is 2.78 bits per heavy atom. The fraction of sp³-hybridized carbons (Fsp3) is 0.667. The molecule has 0 radical (unpaired) electrons. The summed E-state index contributed by atoms with van der Waals surface area (Å²) in [6.45, 7) is 8.68. The number of hydrogen-bond acceptors (Lipinski definition) is 5. The first kappa shape index (κ1) is 16.4. The van der Waals surface area contributed by atoms with Crippen molar-refractivity contribution in [1.29, 1.82) is 0 Å². The maximum absolute atomic E-state index is 5.83. The van der Waals surface area contributed by atoms with E-state index in [0.717, 1.165) is 44.2 Å². The molecule has 0 aromatic heterocycles. The van der Waals surface area contributed by atoms with Crippen LogP contribution < -0.4 is 20.7 Å². The van der Waals surface area contributed by atoms with Crippen LogP contribution in [-0.4, -0.2) is 57.3 Å². The Balaban J connectivity index is 1.33. The van der Waals surface area contributed by atoms with E-state index in [-0.39, 0.29) is 0 Å². The van der Waals surface area contributed by atoms with E-state index in [0.29, 0.717) is 0 Å². The molecule has 23 heavy (non-hydrogen) atoms. The highest BCUT2D eigenvalue weighted by Crippen LogP contribution is 2.32. The summed E-state index contributed by atoms with van der Waals surface area (Å²) >= 11 is 0. The average Bonchev–Trinajstić information content (AvgIpc) is 2.58. The van der Waals surface area contributed by atoms with E-state index in [9.17, 15) is 0 Å². The first-order chi connectivity index (χ1) is 11.3. The monoisotopic (exact) mass is 318 g/mol. The molecule has 1 aromatic rings. The third-order valence-electron chi connectivity index (χ3n) is 4.78. The van der Waals surface area contributed by atoms with Gasteiger partial charge in [0.25, 0.3) is 0 Å². The van der Waals surface area contributed by atoms with Crippen LogP contribution in [0.15, 0.2) is 18.2 Å². The molecule has 0 aliphatic carbocycles. The van der Waals surface area contributed by atoms with E-state index < -0.39 is 0 Å². The Labute approximate surface area is 139 Å². The second-order valence-electron chi connectivity index (χ2n) is 6.57. The van der Waals surface area contributed by atoms with Crippen molar-refractivity contribution >= 4 is 11.4 Å². The predicted molar refractivity (Wildman–Crippen MR) is 96.3 cm³/mol. The lowest BCUT2D eigenvalue weighted by molar-refractivity contribution is 0.226. The Morgan fingerprint density at radius 2 is 1.91 bits per heavy atom. The Kier molecular flexibility index (Phi) is 6.00. The van der Waals surface area contributed by atoms with Crippen molar-refractivity contribution in [3.8, 4) is 5.75 Å². The molecule has 5 nitrogen and oxygen atoms in total. The van der Waals surface area contributed by atoms with Gasteiger partial charge in [0.15, 0.2) is 0 Å². The molecule has 0 atom stereocenters. The number of nitrogens with one attached hydrogen (secondary N) is 1. The number of anilines is 2. The molecule has 0 saturated carbocycles. The van der Waals surface area contributed by atoms with Crippen LogP contribution >= 0.6 is 0 Å². The fourth-order valence-electron chi connectivity index (χ4n) is 3.48. The van der Waals surface area contributed by atoms with E-state index in [1.165, 1.54) is 51.0 Å². The smallest absolute Gasteiger partial charge is 0.144 e. The summed E-state index contributed by atoms with van der Waals surface area (Å²) in [4.78, 5) is 4.99. The number of piperidine rings is 1. The molecule has 1 fully saturated rings. The predicted octanol–water partition coefficient (Wildman–Crippen LogP) is 1.93. The number of benzene rings is 1. The highest BCUT2D eigenvalue weighted by Gasteiger charge is 2.17. The van der Waals surface area contributed by atoms with Gasteiger partial charge in [0.1, 0.15) is 12.4 Å². The van der Waals surface area contributed by atoms with Crippen molar-refractivity contribution in [2.24, 2.45) is 0 Å². The molecule has 3 N–H and O–H groups in total. The fourth-order valence-corrected chi connectivity index (χ4v) is 3.48. The molecular formula is C18H30N4O. The molecule has 2 aliphatic heterocycles. The molecule has 3 rings (SSSR count). The molecule has 2 heterocycles. The minimum Gasteiger partial charge on any atom is -0.489 e. The summed E-state index contributed by atoms with van der Waals surface area (Å²) < 4.78 is 5.70. The van der Waals surface area contributed by atoms with Crippen LogP contribution in [0.25, 0.3) is 0 Å². The van der Waals surface area contributed by atoms with Crippen molar-refractivity contribution < 1.29 is 4.74 Å². The van der Waals surface area contributed by atoms with Crippen LogP contribution in [0.1, 0.15) is 25.7 Å². The summed E-state index contributed by atoms with van der Waals surface area (Å²) in [5.74, 6) is 0.918. The van der Waals surface area contributed by atoms with E-state index in [2.05, 4.69) is 21.2 Å². The molecule has 0 amide bonds. The minimum atomic E-state index is 0.741. The average molecular weight is 318 g/mol. The van der Waals surface area contributed by atoms with Gasteiger partial charge in [-0.05, 0) is 57.6 Å². The summed E-state index contributed by atoms with van der Waals surface area (Å²) in [5, 5.41) is 3.58. The number of nitrogens with two attached hydrogens (primary N) is 1. The maximum Gasteiger partial charge on any atom is 0.144 e. The summed E-state index contributed by atoms with van der Waals surface area (Å²) in [6.07, 6.45) is 5.43. The van der Waals surface area contributed by atoms with Crippen molar-refractivity contribution in [2.75, 3.05) is 63.1 Å². The largest absolute Gasteiger partial charge is 0.489 e. The van der Waals surface area contributed by atoms with Gasteiger partial charge in [-0.3, -0.25) is 0 Å². The number of nitrogens with zero attached hydrogens (tertiary/aromatic N) is 2. The highest BCUT2D eigenvalue weighted by molar-refractivity contribution is 5.65. The van der Waals surface area contributed by atoms with Gasteiger partial charge in [0, 0.05) is 24.8 Å². The minimum absolute atomic E-state index is 0.741. The molecule has 5 heteroatoms. The maximum atomic E-state index is 5.83. The van der Waals surface area contributed by atoms with Crippen molar-refractivity contribution in [2.45, 2.75) is 25.7 Å². The number of likely N-dealkylation sites (tertiary alicyclic amines) is 1. The zero-order valence-electron chi connectivity index (χ0n) is 14.1. The van der Waals surface area contributed by atoms with Gasteiger partial charge in [-0.25, -0.2) is 0 Å². The van der Waals surface area contributed by atoms with Gasteiger partial charge >= 0.3 is 0 Å². The number of fused-ring (bicyclic) bond motifs is 1. The molecule has 0 spiro atoms. The van der Waals surface area contributed by atoms with E-state index in [4.69, 9.17) is 10.5 Å². The Morgan fingerprint density at radius 1 is 1.04 bits per heavy atom. The molecule has 0 unspecified atom stereocenters. The number of rotatable bonds is 7. The molecule has 2 aliphatic rings. The quantitative estimate of drug-likeness (QED) is 0.594. The Bertz CT molecular complexity index is 488. The summed E-state index contributed by atoms with van der Waals surface area (Å²) in [5.41, 5.74) is 7.76. The summed E-state index contributed by atoms with van der Waals surface area (Å²) in [7, 11) is 0. The molecule has 1 aromatic carbocycles. The zero-order valence-corrected chi connectivity index (χ0v) is 14.1. The van der Waals surface area contributed by atoms with Crippen LogP contribution in [0, 0.1) is 0 Å². The van der Waals surface area contributed by atoms with Crippen LogP contribution in [0.5, 0.6) is 5.75 Å².